The van der Waals surface area contributed by atoms with Crippen LogP contribution in [0.1, 0.15) is 32.6 Å². The second kappa shape index (κ2) is 10.8. The molecule has 1 N–H and O–H groups in total. The summed E-state index contributed by atoms with van der Waals surface area (Å²) in [5.41, 5.74) is 1.46. The second-order valence-electron chi connectivity index (χ2n) is 7.22. The van der Waals surface area contributed by atoms with Crippen LogP contribution < -0.4 is 5.32 Å². The number of carbonyl (C=O) groups is 2. The molecule has 0 spiro atoms. The van der Waals surface area contributed by atoms with Gasteiger partial charge in [0, 0.05) is 30.6 Å². The summed E-state index contributed by atoms with van der Waals surface area (Å²) in [6.07, 6.45) is 2.91. The quantitative estimate of drug-likeness (QED) is 0.497. The number of anilines is 1. The summed E-state index contributed by atoms with van der Waals surface area (Å²) in [4.78, 5) is 31.4. The smallest absolute Gasteiger partial charge is 0.246 e. The Morgan fingerprint density at radius 1 is 1.13 bits per heavy atom. The maximum Gasteiger partial charge on any atom is 0.246 e. The van der Waals surface area contributed by atoms with Gasteiger partial charge in [-0.2, -0.15) is 0 Å². The van der Waals surface area contributed by atoms with E-state index >= 15 is 0 Å². The number of hydrogen-bond acceptors (Lipinski definition) is 4. The van der Waals surface area contributed by atoms with Gasteiger partial charge in [0.1, 0.15) is 6.04 Å². The number of amides is 2. The summed E-state index contributed by atoms with van der Waals surface area (Å²) in [6.45, 7) is 4.22. The van der Waals surface area contributed by atoms with Crippen LogP contribution in [0.25, 0.3) is 11.3 Å². The lowest BCUT2D eigenvalue weighted by molar-refractivity contribution is -0.138. The fraction of sp³-hybridized carbons (Fsp3) is 0.292. The first-order valence-corrected chi connectivity index (χ1v) is 10.7. The zero-order valence-electron chi connectivity index (χ0n) is 17.7. The third kappa shape index (κ3) is 5.95. The molecule has 0 saturated carbocycles. The van der Waals surface area contributed by atoms with Crippen LogP contribution in [0, 0.1) is 0 Å². The predicted octanol–water partition coefficient (Wildman–Crippen LogP) is 5.19. The van der Waals surface area contributed by atoms with Gasteiger partial charge in [0.25, 0.3) is 0 Å². The SMILES string of the molecule is CCCN(C(=O)CCc1ncc(-c2ccccc2Cl)o1)C(C)C(=O)Nc1ccccc1. The molecule has 2 amide bonds. The number of halogens is 1. The van der Waals surface area contributed by atoms with E-state index in [1.54, 1.807) is 24.1 Å². The number of aromatic nitrogens is 1. The van der Waals surface area contributed by atoms with E-state index in [1.807, 2.05) is 55.5 Å². The van der Waals surface area contributed by atoms with Gasteiger partial charge in [-0.15, -0.1) is 0 Å². The minimum atomic E-state index is -0.587. The topological polar surface area (TPSA) is 75.4 Å². The first-order chi connectivity index (χ1) is 15.0. The van der Waals surface area contributed by atoms with Crippen molar-refractivity contribution in [2.24, 2.45) is 0 Å². The number of aryl methyl sites for hydroxylation is 1. The summed E-state index contributed by atoms with van der Waals surface area (Å²) >= 11 is 6.21. The number of rotatable bonds is 9. The Kier molecular flexibility index (Phi) is 7.84. The molecule has 0 aliphatic carbocycles. The van der Waals surface area contributed by atoms with E-state index in [0.717, 1.165) is 12.0 Å². The van der Waals surface area contributed by atoms with Crippen molar-refractivity contribution in [1.29, 1.82) is 0 Å². The maximum atomic E-state index is 12.9. The molecule has 1 aromatic heterocycles. The molecule has 7 heteroatoms. The monoisotopic (exact) mass is 439 g/mol. The molecule has 0 aliphatic rings. The third-order valence-corrected chi connectivity index (χ3v) is 5.25. The number of para-hydroxylation sites is 1. The van der Waals surface area contributed by atoms with Gasteiger partial charge in [-0.3, -0.25) is 9.59 Å². The molecule has 2 aromatic carbocycles. The van der Waals surface area contributed by atoms with Gasteiger partial charge in [0.05, 0.1) is 11.2 Å². The predicted molar refractivity (Wildman–Crippen MR) is 122 cm³/mol. The van der Waals surface area contributed by atoms with E-state index in [9.17, 15) is 9.59 Å². The van der Waals surface area contributed by atoms with E-state index in [2.05, 4.69) is 10.3 Å². The molecule has 31 heavy (non-hydrogen) atoms. The average molecular weight is 440 g/mol. The van der Waals surface area contributed by atoms with E-state index in [-0.39, 0.29) is 18.2 Å². The van der Waals surface area contributed by atoms with E-state index < -0.39 is 6.04 Å². The van der Waals surface area contributed by atoms with Gasteiger partial charge >= 0.3 is 0 Å². The number of carbonyl (C=O) groups excluding carboxylic acids is 2. The van der Waals surface area contributed by atoms with Crippen LogP contribution in [0.15, 0.2) is 65.2 Å². The summed E-state index contributed by atoms with van der Waals surface area (Å²) < 4.78 is 5.78. The van der Waals surface area contributed by atoms with E-state index in [4.69, 9.17) is 16.0 Å². The lowest BCUT2D eigenvalue weighted by Crippen LogP contribution is -2.46. The minimum Gasteiger partial charge on any atom is -0.441 e. The van der Waals surface area contributed by atoms with E-state index in [0.29, 0.717) is 35.3 Å². The van der Waals surface area contributed by atoms with Crippen molar-refractivity contribution in [2.75, 3.05) is 11.9 Å². The second-order valence-corrected chi connectivity index (χ2v) is 7.62. The Bertz CT molecular complexity index is 1020. The molecule has 0 radical (unpaired) electrons. The molecule has 0 aliphatic heterocycles. The number of benzene rings is 2. The van der Waals surface area contributed by atoms with Crippen molar-refractivity contribution in [2.45, 2.75) is 39.2 Å². The standard InChI is InChI=1S/C24H26ClN3O3/c1-3-15-28(17(2)24(30)27-18-9-5-4-6-10-18)23(29)14-13-22-26-16-21(31-22)19-11-7-8-12-20(19)25/h4-12,16-17H,3,13-15H2,1-2H3,(H,27,30). The average Bonchev–Trinajstić information content (AvgIpc) is 3.25. The molecule has 0 bridgehead atoms. The Morgan fingerprint density at radius 3 is 2.55 bits per heavy atom. The molecular weight excluding hydrogens is 414 g/mol. The van der Waals surface area contributed by atoms with Crippen molar-refractivity contribution < 1.29 is 14.0 Å². The summed E-state index contributed by atoms with van der Waals surface area (Å²) in [7, 11) is 0. The van der Waals surface area contributed by atoms with Gasteiger partial charge in [-0.25, -0.2) is 4.98 Å². The lowest BCUT2D eigenvalue weighted by atomic mass is 10.2. The number of hydrogen-bond donors (Lipinski definition) is 1. The number of oxazole rings is 1. The highest BCUT2D eigenvalue weighted by atomic mass is 35.5. The first kappa shape index (κ1) is 22.6. The van der Waals surface area contributed by atoms with Gasteiger partial charge in [0.15, 0.2) is 11.7 Å². The molecule has 162 valence electrons. The minimum absolute atomic E-state index is 0.116. The van der Waals surface area contributed by atoms with Crippen LogP contribution in [-0.4, -0.2) is 34.3 Å². The molecule has 0 saturated heterocycles. The van der Waals surface area contributed by atoms with Crippen LogP contribution in [0.4, 0.5) is 5.69 Å². The Labute approximate surface area is 187 Å². The van der Waals surface area contributed by atoms with Crippen molar-refractivity contribution in [3.05, 3.63) is 71.7 Å². The summed E-state index contributed by atoms with van der Waals surface area (Å²) in [5, 5.41) is 3.44. The number of nitrogens with one attached hydrogen (secondary N) is 1. The molecule has 3 rings (SSSR count). The van der Waals surface area contributed by atoms with Crippen molar-refractivity contribution in [3.63, 3.8) is 0 Å². The summed E-state index contributed by atoms with van der Waals surface area (Å²) in [5.74, 6) is 0.690. The fourth-order valence-corrected chi connectivity index (χ4v) is 3.48. The van der Waals surface area contributed by atoms with Gasteiger partial charge < -0.3 is 14.6 Å². The summed E-state index contributed by atoms with van der Waals surface area (Å²) in [6, 6.07) is 16.0. The molecule has 0 fully saturated rings. The van der Waals surface area contributed by atoms with Crippen molar-refractivity contribution in [3.8, 4) is 11.3 Å². The fourth-order valence-electron chi connectivity index (χ4n) is 3.25. The first-order valence-electron chi connectivity index (χ1n) is 10.3. The Hall–Kier alpha value is -3.12. The van der Waals surface area contributed by atoms with Crippen LogP contribution in [-0.2, 0) is 16.0 Å². The lowest BCUT2D eigenvalue weighted by Gasteiger charge is -2.28. The molecule has 1 heterocycles. The molecule has 6 nitrogen and oxygen atoms in total. The zero-order chi connectivity index (χ0) is 22.2. The van der Waals surface area contributed by atoms with Gasteiger partial charge in [-0.05, 0) is 37.6 Å². The molecular formula is C24H26ClN3O3. The Morgan fingerprint density at radius 2 is 1.84 bits per heavy atom. The van der Waals surface area contributed by atoms with Gasteiger partial charge in [-0.1, -0.05) is 48.9 Å². The molecule has 3 aromatic rings. The highest BCUT2D eigenvalue weighted by molar-refractivity contribution is 6.33. The van der Waals surface area contributed by atoms with Crippen LogP contribution in [0.2, 0.25) is 5.02 Å². The molecule has 1 unspecified atom stereocenters. The highest BCUT2D eigenvalue weighted by Crippen LogP contribution is 2.28. The third-order valence-electron chi connectivity index (χ3n) is 4.92. The maximum absolute atomic E-state index is 12.9. The van der Waals surface area contributed by atoms with Crippen molar-refractivity contribution >= 4 is 29.1 Å². The van der Waals surface area contributed by atoms with Crippen LogP contribution >= 0.6 is 11.6 Å². The van der Waals surface area contributed by atoms with Crippen molar-refractivity contribution in [1.82, 2.24) is 9.88 Å². The normalized spacial score (nSPS) is 11.7. The zero-order valence-corrected chi connectivity index (χ0v) is 18.4. The largest absolute Gasteiger partial charge is 0.441 e. The highest BCUT2D eigenvalue weighted by Gasteiger charge is 2.25. The van der Waals surface area contributed by atoms with Crippen LogP contribution in [0.5, 0.6) is 0 Å². The van der Waals surface area contributed by atoms with Gasteiger partial charge in [0.2, 0.25) is 11.8 Å². The molecule has 1 atom stereocenters. The Balaban J connectivity index is 1.61. The van der Waals surface area contributed by atoms with E-state index in [1.165, 1.54) is 0 Å². The number of nitrogens with zero attached hydrogens (tertiary/aromatic N) is 2. The van der Waals surface area contributed by atoms with Crippen LogP contribution in [0.3, 0.4) is 0 Å².